The van der Waals surface area contributed by atoms with Crippen LogP contribution in [0.4, 0.5) is 0 Å². The lowest BCUT2D eigenvalue weighted by Crippen LogP contribution is -2.35. The van der Waals surface area contributed by atoms with Gasteiger partial charge in [0, 0.05) is 14.1 Å². The number of carbonyl (C=O) groups is 2. The fourth-order valence-electron chi connectivity index (χ4n) is 1.87. The van der Waals surface area contributed by atoms with Crippen molar-refractivity contribution in [1.82, 2.24) is 19.9 Å². The Morgan fingerprint density at radius 1 is 1.18 bits per heavy atom. The topological polar surface area (TPSA) is 77.3 Å². The minimum atomic E-state index is -0.872. The SMILES string of the molecule is Cc1nn(-c2ccccc2)nc1C(=O)O[C@@H](C)C(=O)N(C)C. The molecule has 0 N–H and O–H groups in total. The van der Waals surface area contributed by atoms with Gasteiger partial charge in [0.2, 0.25) is 0 Å². The van der Waals surface area contributed by atoms with E-state index in [9.17, 15) is 9.59 Å². The van der Waals surface area contributed by atoms with Crippen LogP contribution in [-0.4, -0.2) is 52.0 Å². The summed E-state index contributed by atoms with van der Waals surface area (Å²) in [6.07, 6.45) is -0.872. The molecule has 0 unspecified atom stereocenters. The number of esters is 1. The van der Waals surface area contributed by atoms with Crippen molar-refractivity contribution < 1.29 is 14.3 Å². The van der Waals surface area contributed by atoms with E-state index in [1.165, 1.54) is 16.6 Å². The zero-order chi connectivity index (χ0) is 16.3. The monoisotopic (exact) mass is 302 g/mol. The Balaban J connectivity index is 2.18. The van der Waals surface area contributed by atoms with Crippen LogP contribution in [0.2, 0.25) is 0 Å². The molecule has 0 saturated carbocycles. The molecular formula is C15H18N4O3. The molecule has 0 aliphatic rings. The molecule has 7 heteroatoms. The molecule has 0 spiro atoms. The summed E-state index contributed by atoms with van der Waals surface area (Å²) in [7, 11) is 3.20. The van der Waals surface area contributed by atoms with E-state index in [0.717, 1.165) is 5.69 Å². The normalized spacial score (nSPS) is 11.8. The summed E-state index contributed by atoms with van der Waals surface area (Å²) in [6, 6.07) is 9.23. The van der Waals surface area contributed by atoms with Crippen LogP contribution >= 0.6 is 0 Å². The van der Waals surface area contributed by atoms with E-state index < -0.39 is 12.1 Å². The van der Waals surface area contributed by atoms with Crippen LogP contribution < -0.4 is 0 Å². The summed E-state index contributed by atoms with van der Waals surface area (Å²) in [6.45, 7) is 3.19. The van der Waals surface area contributed by atoms with Crippen LogP contribution in [-0.2, 0) is 9.53 Å². The number of rotatable bonds is 4. The van der Waals surface area contributed by atoms with Crippen molar-refractivity contribution in [2.45, 2.75) is 20.0 Å². The zero-order valence-corrected chi connectivity index (χ0v) is 13.0. The van der Waals surface area contributed by atoms with Gasteiger partial charge in [-0.05, 0) is 26.0 Å². The predicted molar refractivity (Wildman–Crippen MR) is 79.7 cm³/mol. The summed E-state index contributed by atoms with van der Waals surface area (Å²) in [5.74, 6) is -0.955. The van der Waals surface area contributed by atoms with Crippen LogP contribution in [0.3, 0.4) is 0 Å². The second kappa shape index (κ2) is 6.38. The van der Waals surface area contributed by atoms with Gasteiger partial charge in [-0.25, -0.2) is 4.79 Å². The van der Waals surface area contributed by atoms with E-state index in [1.54, 1.807) is 21.0 Å². The maximum Gasteiger partial charge on any atom is 0.361 e. The summed E-state index contributed by atoms with van der Waals surface area (Å²) in [5, 5.41) is 8.34. The van der Waals surface area contributed by atoms with Gasteiger partial charge in [-0.3, -0.25) is 4.79 Å². The fourth-order valence-corrected chi connectivity index (χ4v) is 1.87. The Morgan fingerprint density at radius 2 is 1.82 bits per heavy atom. The molecule has 22 heavy (non-hydrogen) atoms. The highest BCUT2D eigenvalue weighted by Crippen LogP contribution is 2.10. The van der Waals surface area contributed by atoms with Gasteiger partial charge in [0.15, 0.2) is 11.8 Å². The molecule has 0 aliphatic carbocycles. The van der Waals surface area contributed by atoms with Gasteiger partial charge in [0.05, 0.1) is 11.4 Å². The van der Waals surface area contributed by atoms with Gasteiger partial charge in [-0.2, -0.15) is 9.90 Å². The molecule has 7 nitrogen and oxygen atoms in total. The Kier molecular flexibility index (Phi) is 4.55. The van der Waals surface area contributed by atoms with Crippen LogP contribution in [0.5, 0.6) is 0 Å². The zero-order valence-electron chi connectivity index (χ0n) is 13.0. The lowest BCUT2D eigenvalue weighted by atomic mass is 10.3. The van der Waals surface area contributed by atoms with Gasteiger partial charge in [-0.1, -0.05) is 18.2 Å². The minimum absolute atomic E-state index is 0.0993. The van der Waals surface area contributed by atoms with E-state index in [-0.39, 0.29) is 11.6 Å². The molecule has 1 heterocycles. The van der Waals surface area contributed by atoms with Crippen LogP contribution in [0.25, 0.3) is 5.69 Å². The van der Waals surface area contributed by atoms with Crippen molar-refractivity contribution in [1.29, 1.82) is 0 Å². The minimum Gasteiger partial charge on any atom is -0.448 e. The quantitative estimate of drug-likeness (QED) is 0.793. The molecule has 1 amide bonds. The summed E-state index contributed by atoms with van der Waals surface area (Å²) in [4.78, 5) is 26.6. The highest BCUT2D eigenvalue weighted by Gasteiger charge is 2.24. The molecule has 0 bridgehead atoms. The molecule has 0 saturated heterocycles. The third-order valence-corrected chi connectivity index (χ3v) is 3.03. The van der Waals surface area contributed by atoms with E-state index in [0.29, 0.717) is 5.69 Å². The number of para-hydroxylation sites is 1. The average Bonchev–Trinajstić information content (AvgIpc) is 2.89. The van der Waals surface area contributed by atoms with Crippen LogP contribution in [0.15, 0.2) is 30.3 Å². The van der Waals surface area contributed by atoms with Gasteiger partial charge in [0.25, 0.3) is 5.91 Å². The molecule has 1 atom stereocenters. The third-order valence-electron chi connectivity index (χ3n) is 3.03. The first-order valence-corrected chi connectivity index (χ1v) is 6.81. The first kappa shape index (κ1) is 15.7. The smallest absolute Gasteiger partial charge is 0.361 e. The van der Waals surface area contributed by atoms with Crippen molar-refractivity contribution in [2.24, 2.45) is 0 Å². The number of likely N-dealkylation sites (N-methyl/N-ethyl adjacent to an activating group) is 1. The number of nitrogens with zero attached hydrogens (tertiary/aromatic N) is 4. The lowest BCUT2D eigenvalue weighted by Gasteiger charge is -2.16. The number of hydrogen-bond acceptors (Lipinski definition) is 5. The molecule has 116 valence electrons. The van der Waals surface area contributed by atoms with Gasteiger partial charge >= 0.3 is 5.97 Å². The molecule has 2 aromatic rings. The van der Waals surface area contributed by atoms with Crippen molar-refractivity contribution >= 4 is 11.9 Å². The maximum atomic E-state index is 12.1. The standard InChI is InChI=1S/C15H18N4O3/c1-10-13(15(21)22-11(2)14(20)18(3)4)17-19(16-10)12-8-6-5-7-9-12/h5-9,11H,1-4H3/t11-/m0/s1. The van der Waals surface area contributed by atoms with E-state index in [1.807, 2.05) is 30.3 Å². The molecule has 1 aromatic carbocycles. The molecule has 2 rings (SSSR count). The highest BCUT2D eigenvalue weighted by molar-refractivity contribution is 5.91. The van der Waals surface area contributed by atoms with Crippen molar-refractivity contribution in [3.8, 4) is 5.69 Å². The first-order chi connectivity index (χ1) is 10.4. The van der Waals surface area contributed by atoms with Gasteiger partial charge < -0.3 is 9.64 Å². The Morgan fingerprint density at radius 3 is 2.41 bits per heavy atom. The van der Waals surface area contributed by atoms with E-state index in [2.05, 4.69) is 10.2 Å². The first-order valence-electron chi connectivity index (χ1n) is 6.81. The molecule has 0 aliphatic heterocycles. The Bertz CT molecular complexity index is 679. The largest absolute Gasteiger partial charge is 0.448 e. The maximum absolute atomic E-state index is 12.1. The summed E-state index contributed by atoms with van der Waals surface area (Å²) >= 11 is 0. The molecular weight excluding hydrogens is 284 g/mol. The van der Waals surface area contributed by atoms with Crippen molar-refractivity contribution in [3.63, 3.8) is 0 Å². The fraction of sp³-hybridized carbons (Fsp3) is 0.333. The summed E-state index contributed by atoms with van der Waals surface area (Å²) < 4.78 is 5.14. The second-order valence-electron chi connectivity index (χ2n) is 5.04. The number of amides is 1. The average molecular weight is 302 g/mol. The number of carbonyl (C=O) groups excluding carboxylic acids is 2. The number of aromatic nitrogens is 3. The van der Waals surface area contributed by atoms with Crippen LogP contribution in [0, 0.1) is 6.92 Å². The van der Waals surface area contributed by atoms with E-state index >= 15 is 0 Å². The van der Waals surface area contributed by atoms with E-state index in [4.69, 9.17) is 4.74 Å². The Hall–Kier alpha value is -2.70. The second-order valence-corrected chi connectivity index (χ2v) is 5.04. The number of aryl methyl sites for hydroxylation is 1. The van der Waals surface area contributed by atoms with Gasteiger partial charge in [0.1, 0.15) is 0 Å². The Labute approximate surface area is 128 Å². The lowest BCUT2D eigenvalue weighted by molar-refractivity contribution is -0.137. The van der Waals surface area contributed by atoms with Crippen LogP contribution in [0.1, 0.15) is 23.1 Å². The molecule has 1 aromatic heterocycles. The number of hydrogen-bond donors (Lipinski definition) is 0. The predicted octanol–water partition coefficient (Wildman–Crippen LogP) is 1.21. The highest BCUT2D eigenvalue weighted by atomic mass is 16.5. The number of ether oxygens (including phenoxy) is 1. The molecule has 0 fully saturated rings. The van der Waals surface area contributed by atoms with Crippen molar-refractivity contribution in [2.75, 3.05) is 14.1 Å². The van der Waals surface area contributed by atoms with Crippen molar-refractivity contribution in [3.05, 3.63) is 41.7 Å². The third kappa shape index (κ3) is 3.30. The molecule has 0 radical (unpaired) electrons. The summed E-state index contributed by atoms with van der Waals surface area (Å²) in [5.41, 5.74) is 1.28. The number of benzene rings is 1. The van der Waals surface area contributed by atoms with Gasteiger partial charge in [-0.15, -0.1) is 5.10 Å².